The van der Waals surface area contributed by atoms with E-state index in [1.807, 2.05) is 0 Å². The summed E-state index contributed by atoms with van der Waals surface area (Å²) in [5, 5.41) is 0.123. The predicted molar refractivity (Wildman–Crippen MR) is 136 cm³/mol. The molecule has 0 aromatic carbocycles. The third-order valence-electron chi connectivity index (χ3n) is 6.71. The minimum Gasteiger partial charge on any atom is -0.456 e. The van der Waals surface area contributed by atoms with Gasteiger partial charge in [0.2, 0.25) is 6.29 Å². The van der Waals surface area contributed by atoms with Crippen LogP contribution < -0.4 is 0 Å². The molecule has 0 radical (unpaired) electrons. The summed E-state index contributed by atoms with van der Waals surface area (Å²) in [7, 11) is -1.91. The normalized spacial score (nSPS) is 22.7. The zero-order valence-corrected chi connectivity index (χ0v) is 22.5. The van der Waals surface area contributed by atoms with E-state index in [1.165, 1.54) is 32.1 Å². The van der Waals surface area contributed by atoms with Gasteiger partial charge in [0.05, 0.1) is 0 Å². The molecule has 0 aromatic rings. The fourth-order valence-corrected chi connectivity index (χ4v) is 5.08. The summed E-state index contributed by atoms with van der Waals surface area (Å²) in [6, 6.07) is 0. The second-order valence-electron chi connectivity index (χ2n) is 10.6. The molecule has 182 valence electrons. The van der Waals surface area contributed by atoms with Crippen molar-refractivity contribution in [1.82, 2.24) is 0 Å². The Balaban J connectivity index is 2.69. The van der Waals surface area contributed by atoms with Crippen LogP contribution in [0.25, 0.3) is 0 Å². The van der Waals surface area contributed by atoms with Crippen molar-refractivity contribution in [3.8, 4) is 0 Å². The van der Waals surface area contributed by atoms with Gasteiger partial charge in [-0.25, -0.2) is 4.79 Å². The van der Waals surface area contributed by atoms with Gasteiger partial charge in [-0.2, -0.15) is 0 Å². The Labute approximate surface area is 197 Å². The first kappa shape index (κ1) is 28.6. The molecule has 0 unspecified atom stereocenters. The number of hydrogen-bond acceptors (Lipinski definition) is 4. The molecule has 32 heavy (non-hydrogen) atoms. The Kier molecular flexibility index (Phi) is 12.4. The van der Waals surface area contributed by atoms with Gasteiger partial charge in [0, 0.05) is 18.4 Å². The fraction of sp³-hybridized carbons (Fsp3) is 0.704. The van der Waals surface area contributed by atoms with Crippen LogP contribution in [0.2, 0.25) is 18.1 Å². The summed E-state index contributed by atoms with van der Waals surface area (Å²) in [5.74, 6) is -0.741. The highest BCUT2D eigenvalue weighted by molar-refractivity contribution is 6.74. The van der Waals surface area contributed by atoms with E-state index in [1.54, 1.807) is 0 Å². The number of hydrogen-bond donors (Lipinski definition) is 0. The van der Waals surface area contributed by atoms with Crippen LogP contribution in [0.1, 0.15) is 86.0 Å². The average molecular weight is 463 g/mol. The Hall–Kier alpha value is -1.46. The van der Waals surface area contributed by atoms with Gasteiger partial charge in [-0.15, -0.1) is 0 Å². The Morgan fingerprint density at radius 1 is 1.09 bits per heavy atom. The Morgan fingerprint density at radius 3 is 2.41 bits per heavy atom. The SMILES string of the molecule is CCCCCCC/C=C/C=C(C)/C=C/[C@H]1C[C@@H](O[Si](C)(C)C(C)(C)C)C[C@@H]1OC(=O)C=O. The molecule has 0 aliphatic heterocycles. The highest BCUT2D eigenvalue weighted by atomic mass is 28.4. The van der Waals surface area contributed by atoms with E-state index >= 15 is 0 Å². The van der Waals surface area contributed by atoms with E-state index in [0.717, 1.165) is 18.4 Å². The van der Waals surface area contributed by atoms with Crippen LogP contribution >= 0.6 is 0 Å². The molecule has 1 fully saturated rings. The van der Waals surface area contributed by atoms with Crippen LogP contribution in [0.3, 0.4) is 0 Å². The molecule has 0 heterocycles. The minimum atomic E-state index is -1.91. The molecule has 5 heteroatoms. The van der Waals surface area contributed by atoms with Crippen molar-refractivity contribution in [3.05, 3.63) is 36.0 Å². The van der Waals surface area contributed by atoms with Gasteiger partial charge in [0.25, 0.3) is 0 Å². The third kappa shape index (κ3) is 10.4. The molecule has 0 bridgehead atoms. The molecular weight excluding hydrogens is 416 g/mol. The summed E-state index contributed by atoms with van der Waals surface area (Å²) < 4.78 is 12.0. The van der Waals surface area contributed by atoms with Crippen molar-refractivity contribution in [1.29, 1.82) is 0 Å². The Morgan fingerprint density at radius 2 is 1.78 bits per heavy atom. The van der Waals surface area contributed by atoms with Gasteiger partial charge in [0.1, 0.15) is 6.10 Å². The summed E-state index contributed by atoms with van der Waals surface area (Å²) in [4.78, 5) is 22.4. The second kappa shape index (κ2) is 13.9. The first-order chi connectivity index (χ1) is 15.0. The van der Waals surface area contributed by atoms with Gasteiger partial charge in [-0.1, -0.05) is 89.3 Å². The average Bonchev–Trinajstić information content (AvgIpc) is 3.07. The van der Waals surface area contributed by atoms with E-state index in [0.29, 0.717) is 6.42 Å². The lowest BCUT2D eigenvalue weighted by Crippen LogP contribution is -2.43. The number of allylic oxidation sites excluding steroid dienone is 5. The van der Waals surface area contributed by atoms with Gasteiger partial charge in [-0.3, -0.25) is 4.79 Å². The molecule has 4 nitrogen and oxygen atoms in total. The van der Waals surface area contributed by atoms with Crippen LogP contribution in [-0.4, -0.2) is 32.8 Å². The van der Waals surface area contributed by atoms with Crippen molar-refractivity contribution in [2.75, 3.05) is 0 Å². The fourth-order valence-electron chi connectivity index (χ4n) is 3.70. The van der Waals surface area contributed by atoms with Crippen molar-refractivity contribution >= 4 is 20.6 Å². The van der Waals surface area contributed by atoms with Gasteiger partial charge >= 0.3 is 5.97 Å². The zero-order valence-electron chi connectivity index (χ0n) is 21.5. The molecule has 0 amide bonds. The molecule has 1 rings (SSSR count). The lowest BCUT2D eigenvalue weighted by molar-refractivity contribution is -0.154. The van der Waals surface area contributed by atoms with E-state index in [-0.39, 0.29) is 29.5 Å². The monoisotopic (exact) mass is 462 g/mol. The molecular formula is C27H46O4Si. The maximum absolute atomic E-state index is 11.6. The molecule has 0 N–H and O–H groups in total. The quantitative estimate of drug-likeness (QED) is 0.0718. The van der Waals surface area contributed by atoms with Crippen LogP contribution in [-0.2, 0) is 18.8 Å². The van der Waals surface area contributed by atoms with Crippen LogP contribution in [0.15, 0.2) is 36.0 Å². The number of esters is 1. The van der Waals surface area contributed by atoms with Crippen LogP contribution in [0.4, 0.5) is 0 Å². The molecule has 1 aliphatic rings. The van der Waals surface area contributed by atoms with Crippen molar-refractivity contribution in [2.24, 2.45) is 5.92 Å². The summed E-state index contributed by atoms with van der Waals surface area (Å²) in [5.41, 5.74) is 1.15. The third-order valence-corrected chi connectivity index (χ3v) is 11.2. The number of carbonyl (C=O) groups excluding carboxylic acids is 2. The highest BCUT2D eigenvalue weighted by Crippen LogP contribution is 2.41. The maximum Gasteiger partial charge on any atom is 0.371 e. The number of rotatable bonds is 13. The predicted octanol–water partition coefficient (Wildman–Crippen LogP) is 7.32. The topological polar surface area (TPSA) is 52.6 Å². The molecule has 3 atom stereocenters. The van der Waals surface area contributed by atoms with Crippen molar-refractivity contribution < 1.29 is 18.8 Å². The lowest BCUT2D eigenvalue weighted by Gasteiger charge is -2.38. The summed E-state index contributed by atoms with van der Waals surface area (Å²) in [6.07, 6.45) is 19.7. The summed E-state index contributed by atoms with van der Waals surface area (Å²) in [6.45, 7) is 15.5. The van der Waals surface area contributed by atoms with Gasteiger partial charge in [-0.05, 0) is 44.3 Å². The van der Waals surface area contributed by atoms with Crippen molar-refractivity contribution in [3.63, 3.8) is 0 Å². The number of aldehydes is 1. The molecule has 1 aliphatic carbocycles. The number of carbonyl (C=O) groups is 2. The van der Waals surface area contributed by atoms with E-state index in [4.69, 9.17) is 9.16 Å². The molecule has 0 saturated heterocycles. The van der Waals surface area contributed by atoms with E-state index in [9.17, 15) is 9.59 Å². The molecule has 1 saturated carbocycles. The smallest absolute Gasteiger partial charge is 0.371 e. The lowest BCUT2D eigenvalue weighted by atomic mass is 10.0. The second-order valence-corrected chi connectivity index (χ2v) is 15.4. The van der Waals surface area contributed by atoms with Crippen molar-refractivity contribution in [2.45, 2.75) is 116 Å². The van der Waals surface area contributed by atoms with E-state index < -0.39 is 14.3 Å². The Bertz CT molecular complexity index is 670. The standard InChI is InChI=1S/C27H46O4Si/c1-8-9-10-11-12-13-14-15-16-22(2)17-18-23-19-24(20-25(23)30-26(29)21-28)31-32(6,7)27(3,4)5/h14-18,21,23-25H,8-13,19-20H2,1-7H3/b15-14+,18-17+,22-16+/t23-,24+,25-/m0/s1. The van der Waals surface area contributed by atoms with Crippen LogP contribution in [0, 0.1) is 5.92 Å². The van der Waals surface area contributed by atoms with E-state index in [2.05, 4.69) is 78.1 Å². The molecule has 0 aromatic heterocycles. The first-order valence-corrected chi connectivity index (χ1v) is 15.3. The maximum atomic E-state index is 11.6. The largest absolute Gasteiger partial charge is 0.456 e. The minimum absolute atomic E-state index is 0.0480. The van der Waals surface area contributed by atoms with Gasteiger partial charge in [0.15, 0.2) is 8.32 Å². The number of unbranched alkanes of at least 4 members (excludes halogenated alkanes) is 5. The first-order valence-electron chi connectivity index (χ1n) is 12.4. The highest BCUT2D eigenvalue weighted by Gasteiger charge is 2.43. The summed E-state index contributed by atoms with van der Waals surface area (Å²) >= 11 is 0. The zero-order chi connectivity index (χ0) is 24.2. The molecule has 0 spiro atoms. The number of ether oxygens (including phenoxy) is 1. The van der Waals surface area contributed by atoms with Gasteiger partial charge < -0.3 is 9.16 Å². The van der Waals surface area contributed by atoms with Crippen LogP contribution in [0.5, 0.6) is 0 Å².